The van der Waals surface area contributed by atoms with E-state index in [4.69, 9.17) is 21.1 Å². The molecular weight excluding hydrogens is 306 g/mol. The Labute approximate surface area is 124 Å². The van der Waals surface area contributed by atoms with Gasteiger partial charge in [-0.2, -0.15) is 0 Å². The topological polar surface area (TPSA) is 122 Å². The highest BCUT2D eigenvalue weighted by atomic mass is 35.5. The Morgan fingerprint density at radius 3 is 2.52 bits per heavy atom. The molecule has 2 rings (SSSR count). The summed E-state index contributed by atoms with van der Waals surface area (Å²) in [5.41, 5.74) is -0.207. The molecule has 0 unspecified atom stereocenters. The number of nitro groups is 1. The van der Waals surface area contributed by atoms with Crippen LogP contribution < -0.4 is 4.74 Å². The minimum Gasteiger partial charge on any atom is -0.460 e. The second kappa shape index (κ2) is 6.12. The molecule has 0 spiro atoms. The van der Waals surface area contributed by atoms with E-state index in [-0.39, 0.29) is 16.5 Å². The zero-order valence-electron chi connectivity index (χ0n) is 10.9. The lowest BCUT2D eigenvalue weighted by Gasteiger charge is -2.38. The summed E-state index contributed by atoms with van der Waals surface area (Å²) in [4.78, 5) is 10.0. The number of hydrogen-bond donors (Lipinski definition) is 3. The molecule has 0 aromatic heterocycles. The van der Waals surface area contributed by atoms with E-state index < -0.39 is 35.6 Å². The number of hydrogen-bond acceptors (Lipinski definition) is 7. The molecule has 8 nitrogen and oxygen atoms in total. The van der Waals surface area contributed by atoms with E-state index in [0.29, 0.717) is 0 Å². The summed E-state index contributed by atoms with van der Waals surface area (Å²) in [7, 11) is 0. The molecular formula is C12H14ClNO7. The van der Waals surface area contributed by atoms with Crippen LogP contribution in [-0.2, 0) is 4.74 Å². The van der Waals surface area contributed by atoms with Gasteiger partial charge in [-0.1, -0.05) is 11.6 Å². The van der Waals surface area contributed by atoms with Gasteiger partial charge in [0.2, 0.25) is 6.29 Å². The summed E-state index contributed by atoms with van der Waals surface area (Å²) in [5, 5.41) is 39.6. The third-order valence-electron chi connectivity index (χ3n) is 3.18. The van der Waals surface area contributed by atoms with Crippen LogP contribution >= 0.6 is 11.6 Å². The lowest BCUT2D eigenvalue weighted by molar-refractivity contribution is -0.384. The lowest BCUT2D eigenvalue weighted by Crippen LogP contribution is -2.58. The van der Waals surface area contributed by atoms with Gasteiger partial charge >= 0.3 is 0 Å². The van der Waals surface area contributed by atoms with E-state index in [1.165, 1.54) is 19.1 Å². The molecule has 9 heteroatoms. The number of rotatable bonds is 3. The van der Waals surface area contributed by atoms with Crippen molar-refractivity contribution in [1.82, 2.24) is 0 Å². The predicted octanol–water partition coefficient (Wildman–Crippen LogP) is 0.454. The van der Waals surface area contributed by atoms with Crippen LogP contribution in [0.2, 0.25) is 5.02 Å². The quantitative estimate of drug-likeness (QED) is 0.546. The first kappa shape index (κ1) is 15.9. The van der Waals surface area contributed by atoms with Gasteiger partial charge in [-0.15, -0.1) is 0 Å². The molecule has 0 amide bonds. The third kappa shape index (κ3) is 3.25. The van der Waals surface area contributed by atoms with Gasteiger partial charge in [0.1, 0.15) is 24.1 Å². The first-order chi connectivity index (χ1) is 9.81. The van der Waals surface area contributed by atoms with Crippen LogP contribution in [-0.4, -0.2) is 50.9 Å². The number of benzene rings is 1. The van der Waals surface area contributed by atoms with Crippen LogP contribution in [0.4, 0.5) is 5.69 Å². The molecule has 1 aromatic rings. The zero-order valence-corrected chi connectivity index (χ0v) is 11.7. The zero-order chi connectivity index (χ0) is 15.7. The normalized spacial score (nSPS) is 32.7. The minimum atomic E-state index is -1.48. The van der Waals surface area contributed by atoms with E-state index in [2.05, 4.69) is 0 Å². The minimum absolute atomic E-state index is 0.0340. The second-order valence-electron chi connectivity index (χ2n) is 4.67. The fourth-order valence-corrected chi connectivity index (χ4v) is 2.15. The predicted molar refractivity (Wildman–Crippen MR) is 71.1 cm³/mol. The molecule has 1 saturated heterocycles. The molecule has 3 N–H and O–H groups in total. The van der Waals surface area contributed by atoms with Crippen molar-refractivity contribution in [3.05, 3.63) is 33.3 Å². The van der Waals surface area contributed by atoms with E-state index in [1.54, 1.807) is 0 Å². The van der Waals surface area contributed by atoms with E-state index in [9.17, 15) is 25.4 Å². The number of nitrogens with zero attached hydrogens (tertiary/aromatic N) is 1. The Bertz CT molecular complexity index is 540. The summed E-state index contributed by atoms with van der Waals surface area (Å²) in [6.07, 6.45) is -6.17. The Morgan fingerprint density at radius 2 is 1.95 bits per heavy atom. The van der Waals surface area contributed by atoms with E-state index >= 15 is 0 Å². The van der Waals surface area contributed by atoms with Gasteiger partial charge in [-0.3, -0.25) is 10.1 Å². The van der Waals surface area contributed by atoms with Crippen LogP contribution in [0.3, 0.4) is 0 Å². The number of halogens is 1. The van der Waals surface area contributed by atoms with Gasteiger partial charge in [0.05, 0.1) is 16.0 Å². The van der Waals surface area contributed by atoms with Gasteiger partial charge in [-0.25, -0.2) is 0 Å². The molecule has 0 aliphatic carbocycles. The van der Waals surface area contributed by atoms with Gasteiger partial charge in [0, 0.05) is 12.1 Å². The average molecular weight is 320 g/mol. The summed E-state index contributed by atoms with van der Waals surface area (Å²) >= 11 is 5.86. The van der Waals surface area contributed by atoms with Crippen molar-refractivity contribution in [2.75, 3.05) is 0 Å². The summed E-state index contributed by atoms with van der Waals surface area (Å²) < 4.78 is 10.6. The van der Waals surface area contributed by atoms with Crippen molar-refractivity contribution in [2.24, 2.45) is 0 Å². The van der Waals surface area contributed by atoms with Gasteiger partial charge in [-0.05, 0) is 13.0 Å². The Balaban J connectivity index is 2.16. The monoisotopic (exact) mass is 319 g/mol. The molecule has 1 aromatic carbocycles. The van der Waals surface area contributed by atoms with Gasteiger partial charge in [0.25, 0.3) is 5.69 Å². The molecule has 1 aliphatic rings. The van der Waals surface area contributed by atoms with Crippen LogP contribution in [0.5, 0.6) is 5.75 Å². The van der Waals surface area contributed by atoms with Crippen molar-refractivity contribution >= 4 is 17.3 Å². The molecule has 116 valence electrons. The molecule has 1 fully saturated rings. The number of aliphatic hydroxyl groups excluding tert-OH is 3. The highest BCUT2D eigenvalue weighted by Gasteiger charge is 2.43. The fraction of sp³-hybridized carbons (Fsp3) is 0.500. The first-order valence-electron chi connectivity index (χ1n) is 6.11. The first-order valence-corrected chi connectivity index (χ1v) is 6.49. The highest BCUT2D eigenvalue weighted by Crippen LogP contribution is 2.31. The molecule has 1 heterocycles. The Hall–Kier alpha value is -1.45. The largest absolute Gasteiger partial charge is 0.460 e. The Morgan fingerprint density at radius 1 is 1.29 bits per heavy atom. The van der Waals surface area contributed by atoms with Crippen LogP contribution in [0.1, 0.15) is 6.92 Å². The number of non-ortho nitro benzene ring substituents is 1. The summed E-state index contributed by atoms with van der Waals surface area (Å²) in [6, 6.07) is 3.55. The van der Waals surface area contributed by atoms with Crippen LogP contribution in [0.15, 0.2) is 18.2 Å². The Kier molecular flexibility index (Phi) is 4.64. The molecule has 0 radical (unpaired) electrons. The maximum absolute atomic E-state index is 10.6. The summed E-state index contributed by atoms with van der Waals surface area (Å²) in [6.45, 7) is 1.51. The highest BCUT2D eigenvalue weighted by molar-refractivity contribution is 6.32. The number of aliphatic hydroxyl groups is 3. The van der Waals surface area contributed by atoms with Crippen LogP contribution in [0, 0.1) is 10.1 Å². The smallest absolute Gasteiger partial charge is 0.271 e. The van der Waals surface area contributed by atoms with Crippen molar-refractivity contribution in [3.63, 3.8) is 0 Å². The summed E-state index contributed by atoms with van der Waals surface area (Å²) in [5.74, 6) is 0.0575. The molecule has 0 bridgehead atoms. The van der Waals surface area contributed by atoms with E-state index in [1.807, 2.05) is 0 Å². The van der Waals surface area contributed by atoms with Crippen LogP contribution in [0.25, 0.3) is 0 Å². The SMILES string of the molecule is C[C@@H]1O[C@H](Oc2ccc([N+](=O)[O-])cc2Cl)[C@@H](O)[C@H](O)[C@@H]1O. The van der Waals surface area contributed by atoms with Crippen molar-refractivity contribution in [3.8, 4) is 5.75 Å². The average Bonchev–Trinajstić information content (AvgIpc) is 2.44. The molecule has 5 atom stereocenters. The lowest BCUT2D eigenvalue weighted by atomic mass is 10.00. The molecule has 1 aliphatic heterocycles. The van der Waals surface area contributed by atoms with E-state index in [0.717, 1.165) is 6.07 Å². The molecule has 21 heavy (non-hydrogen) atoms. The van der Waals surface area contributed by atoms with Crippen molar-refractivity contribution in [2.45, 2.75) is 37.6 Å². The maximum atomic E-state index is 10.6. The van der Waals surface area contributed by atoms with Crippen molar-refractivity contribution in [1.29, 1.82) is 0 Å². The van der Waals surface area contributed by atoms with Gasteiger partial charge < -0.3 is 24.8 Å². The second-order valence-corrected chi connectivity index (χ2v) is 5.08. The standard InChI is InChI=1S/C12H14ClNO7/c1-5-9(15)10(16)11(17)12(20-5)21-8-3-2-6(14(18)19)4-7(8)13/h2-5,9-12,15-17H,1H3/t5-,9+,10+,11-,12+/m0/s1. The van der Waals surface area contributed by atoms with Crippen molar-refractivity contribution < 1.29 is 29.7 Å². The third-order valence-corrected chi connectivity index (χ3v) is 3.47. The number of nitro benzene ring substituents is 1. The van der Waals surface area contributed by atoms with Gasteiger partial charge in [0.15, 0.2) is 0 Å². The maximum Gasteiger partial charge on any atom is 0.271 e. The number of ether oxygens (including phenoxy) is 2. The molecule has 0 saturated carbocycles. The fourth-order valence-electron chi connectivity index (χ4n) is 1.93.